The van der Waals surface area contributed by atoms with E-state index < -0.39 is 21.9 Å². The number of benzene rings is 1. The van der Waals surface area contributed by atoms with Gasteiger partial charge in [0.1, 0.15) is 0 Å². The van der Waals surface area contributed by atoms with E-state index in [0.29, 0.717) is 0 Å². The monoisotopic (exact) mass is 314 g/mol. The molecule has 2 N–H and O–H groups in total. The number of hydrogen-bond acceptors (Lipinski definition) is 5. The summed E-state index contributed by atoms with van der Waals surface area (Å²) < 4.78 is 30.6. The standard InChI is InChI=1S/C13H18N2O5S/c1-2-20-13(17)8-9-14-12(16)10-15-21(18,19)11-6-4-3-5-7-11/h3-7,15H,2,8-10H2,1H3,(H,14,16). The molecular formula is C13H18N2O5S. The molecule has 0 aromatic heterocycles. The lowest BCUT2D eigenvalue weighted by Gasteiger charge is -2.07. The number of esters is 1. The molecule has 0 fully saturated rings. The zero-order valence-electron chi connectivity index (χ0n) is 11.7. The molecule has 1 aromatic rings. The van der Waals surface area contributed by atoms with E-state index in [2.05, 4.69) is 10.0 Å². The first-order chi connectivity index (χ1) is 9.95. The molecule has 0 aliphatic heterocycles. The molecule has 7 nitrogen and oxygen atoms in total. The zero-order chi connectivity index (χ0) is 15.7. The van der Waals surface area contributed by atoms with E-state index in [9.17, 15) is 18.0 Å². The molecule has 0 saturated heterocycles. The van der Waals surface area contributed by atoms with Crippen LogP contribution >= 0.6 is 0 Å². The third-order valence-corrected chi connectivity index (χ3v) is 3.85. The Hall–Kier alpha value is -1.93. The van der Waals surface area contributed by atoms with E-state index in [0.717, 1.165) is 0 Å². The lowest BCUT2D eigenvalue weighted by Crippen LogP contribution is -2.37. The summed E-state index contributed by atoms with van der Waals surface area (Å²) in [7, 11) is -3.71. The maximum atomic E-state index is 11.8. The van der Waals surface area contributed by atoms with Crippen molar-refractivity contribution in [2.75, 3.05) is 19.7 Å². The van der Waals surface area contributed by atoms with Crippen LogP contribution in [0.3, 0.4) is 0 Å². The van der Waals surface area contributed by atoms with Crippen molar-refractivity contribution < 1.29 is 22.7 Å². The van der Waals surface area contributed by atoms with Crippen molar-refractivity contribution in [1.29, 1.82) is 0 Å². The van der Waals surface area contributed by atoms with Gasteiger partial charge in [0.25, 0.3) is 0 Å². The summed E-state index contributed by atoms with van der Waals surface area (Å²) in [5.74, 6) is -0.929. The van der Waals surface area contributed by atoms with Gasteiger partial charge in [-0.2, -0.15) is 0 Å². The van der Waals surface area contributed by atoms with Crippen molar-refractivity contribution in [3.8, 4) is 0 Å². The topological polar surface area (TPSA) is 102 Å². The first-order valence-corrected chi connectivity index (χ1v) is 7.91. The molecule has 0 bridgehead atoms. The second kappa shape index (κ2) is 8.38. The van der Waals surface area contributed by atoms with E-state index in [1.54, 1.807) is 25.1 Å². The molecule has 0 aliphatic rings. The summed E-state index contributed by atoms with van der Waals surface area (Å²) >= 11 is 0. The highest BCUT2D eigenvalue weighted by atomic mass is 32.2. The van der Waals surface area contributed by atoms with Gasteiger partial charge in [-0.05, 0) is 19.1 Å². The maximum Gasteiger partial charge on any atom is 0.307 e. The Kier molecular flexibility index (Phi) is 6.83. The molecule has 0 saturated carbocycles. The quantitative estimate of drug-likeness (QED) is 0.659. The fraction of sp³-hybridized carbons (Fsp3) is 0.385. The molecule has 1 aromatic carbocycles. The van der Waals surface area contributed by atoms with Crippen molar-refractivity contribution in [2.45, 2.75) is 18.2 Å². The summed E-state index contributed by atoms with van der Waals surface area (Å²) in [5, 5.41) is 2.43. The molecule has 0 unspecified atom stereocenters. The van der Waals surface area contributed by atoms with Crippen LogP contribution in [0.25, 0.3) is 0 Å². The fourth-order valence-corrected chi connectivity index (χ4v) is 2.45. The number of ether oxygens (including phenoxy) is 1. The molecule has 116 valence electrons. The number of rotatable bonds is 8. The molecule has 1 rings (SSSR count). The number of nitrogens with one attached hydrogen (secondary N) is 2. The van der Waals surface area contributed by atoms with Crippen LogP contribution in [0.5, 0.6) is 0 Å². The highest BCUT2D eigenvalue weighted by Gasteiger charge is 2.14. The van der Waals surface area contributed by atoms with Crippen molar-refractivity contribution in [3.63, 3.8) is 0 Å². The number of amides is 1. The lowest BCUT2D eigenvalue weighted by molar-refractivity contribution is -0.143. The van der Waals surface area contributed by atoms with Gasteiger partial charge in [0, 0.05) is 6.54 Å². The van der Waals surface area contributed by atoms with Gasteiger partial charge in [0.05, 0.1) is 24.5 Å². The van der Waals surface area contributed by atoms with Crippen LogP contribution < -0.4 is 10.0 Å². The molecule has 0 radical (unpaired) electrons. The Bertz CT molecular complexity index is 571. The van der Waals surface area contributed by atoms with Crippen molar-refractivity contribution in [2.24, 2.45) is 0 Å². The predicted octanol–water partition coefficient (Wildman–Crippen LogP) is 0.0343. The number of hydrogen-bond donors (Lipinski definition) is 2. The van der Waals surface area contributed by atoms with E-state index in [4.69, 9.17) is 4.74 Å². The smallest absolute Gasteiger partial charge is 0.307 e. The third kappa shape index (κ3) is 6.37. The predicted molar refractivity (Wildman–Crippen MR) is 75.9 cm³/mol. The van der Waals surface area contributed by atoms with Gasteiger partial charge < -0.3 is 10.1 Å². The van der Waals surface area contributed by atoms with Crippen LogP contribution in [-0.4, -0.2) is 40.0 Å². The second-order valence-electron chi connectivity index (χ2n) is 4.04. The molecule has 8 heteroatoms. The van der Waals surface area contributed by atoms with Crippen LogP contribution in [-0.2, 0) is 24.3 Å². The number of carbonyl (C=O) groups excluding carboxylic acids is 2. The van der Waals surface area contributed by atoms with Crippen molar-refractivity contribution in [3.05, 3.63) is 30.3 Å². The largest absolute Gasteiger partial charge is 0.466 e. The lowest BCUT2D eigenvalue weighted by atomic mass is 10.4. The minimum atomic E-state index is -3.71. The zero-order valence-corrected chi connectivity index (χ0v) is 12.5. The van der Waals surface area contributed by atoms with Gasteiger partial charge in [0.2, 0.25) is 15.9 Å². The molecule has 1 amide bonds. The molecule has 21 heavy (non-hydrogen) atoms. The first kappa shape index (κ1) is 17.1. The van der Waals surface area contributed by atoms with Crippen molar-refractivity contribution >= 4 is 21.9 Å². The summed E-state index contributed by atoms with van der Waals surface area (Å²) in [6.45, 7) is 1.68. The highest BCUT2D eigenvalue weighted by molar-refractivity contribution is 7.89. The highest BCUT2D eigenvalue weighted by Crippen LogP contribution is 2.06. The van der Waals surface area contributed by atoms with Gasteiger partial charge in [-0.3, -0.25) is 9.59 Å². The van der Waals surface area contributed by atoms with Crippen LogP contribution in [0.4, 0.5) is 0 Å². The Morgan fingerprint density at radius 1 is 1.19 bits per heavy atom. The maximum absolute atomic E-state index is 11.8. The molecule has 0 heterocycles. The normalized spacial score (nSPS) is 10.9. The SMILES string of the molecule is CCOC(=O)CCNC(=O)CNS(=O)(=O)c1ccccc1. The first-order valence-electron chi connectivity index (χ1n) is 6.42. The van der Waals surface area contributed by atoms with E-state index in [1.807, 2.05) is 0 Å². The van der Waals surface area contributed by atoms with Crippen LogP contribution in [0.1, 0.15) is 13.3 Å². The summed E-state index contributed by atoms with van der Waals surface area (Å²) in [6.07, 6.45) is 0.0466. The van der Waals surface area contributed by atoms with Gasteiger partial charge >= 0.3 is 5.97 Å². The van der Waals surface area contributed by atoms with Gasteiger partial charge in [0.15, 0.2) is 0 Å². The van der Waals surface area contributed by atoms with Gasteiger partial charge in [-0.1, -0.05) is 18.2 Å². The minimum absolute atomic E-state index is 0.0466. The van der Waals surface area contributed by atoms with E-state index in [1.165, 1.54) is 12.1 Å². The van der Waals surface area contributed by atoms with E-state index >= 15 is 0 Å². The average Bonchev–Trinajstić information content (AvgIpc) is 2.46. The second-order valence-corrected chi connectivity index (χ2v) is 5.81. The van der Waals surface area contributed by atoms with Gasteiger partial charge in [-0.25, -0.2) is 13.1 Å². The molecule has 0 aliphatic carbocycles. The Labute approximate surface area is 123 Å². The third-order valence-electron chi connectivity index (χ3n) is 2.43. The molecular weight excluding hydrogens is 296 g/mol. The Morgan fingerprint density at radius 3 is 2.48 bits per heavy atom. The Balaban J connectivity index is 2.35. The summed E-state index contributed by atoms with van der Waals surface area (Å²) in [6, 6.07) is 7.74. The van der Waals surface area contributed by atoms with Crippen molar-refractivity contribution in [1.82, 2.24) is 10.0 Å². The number of carbonyl (C=O) groups is 2. The van der Waals surface area contributed by atoms with E-state index in [-0.39, 0.29) is 31.0 Å². The summed E-state index contributed by atoms with van der Waals surface area (Å²) in [4.78, 5) is 22.6. The fourth-order valence-electron chi connectivity index (χ4n) is 1.44. The van der Waals surface area contributed by atoms with Crippen LogP contribution in [0.15, 0.2) is 35.2 Å². The minimum Gasteiger partial charge on any atom is -0.466 e. The average molecular weight is 314 g/mol. The van der Waals surface area contributed by atoms with Gasteiger partial charge in [-0.15, -0.1) is 0 Å². The molecule has 0 atom stereocenters. The summed E-state index contributed by atoms with van der Waals surface area (Å²) in [5.41, 5.74) is 0. The van der Waals surface area contributed by atoms with Crippen LogP contribution in [0.2, 0.25) is 0 Å². The molecule has 0 spiro atoms. The number of sulfonamides is 1. The Morgan fingerprint density at radius 2 is 1.86 bits per heavy atom. The van der Waals surface area contributed by atoms with Crippen LogP contribution in [0, 0.1) is 0 Å².